The molecule has 68 valence electrons. The summed E-state index contributed by atoms with van der Waals surface area (Å²) in [6.45, 7) is 3.80. The zero-order chi connectivity index (χ0) is 9.19. The summed E-state index contributed by atoms with van der Waals surface area (Å²) in [4.78, 5) is 11.0. The summed E-state index contributed by atoms with van der Waals surface area (Å²) in [6, 6.07) is 0. The highest BCUT2D eigenvalue weighted by Crippen LogP contribution is 2.38. The average molecular weight is 185 g/mol. The van der Waals surface area contributed by atoms with Gasteiger partial charge in [0.1, 0.15) is 0 Å². The second kappa shape index (κ2) is 3.35. The topological polar surface area (TPSA) is 43.1 Å². The molecule has 2 N–H and O–H groups in total. The van der Waals surface area contributed by atoms with Crippen LogP contribution in [0, 0.1) is 5.41 Å². The summed E-state index contributed by atoms with van der Waals surface area (Å²) < 4.78 is 0. The van der Waals surface area contributed by atoms with Crippen molar-refractivity contribution in [3.8, 4) is 0 Å². The van der Waals surface area contributed by atoms with Crippen LogP contribution in [-0.4, -0.2) is 11.7 Å². The Hall–Kier alpha value is -0.700. The lowest BCUT2D eigenvalue weighted by atomic mass is 9.96. The summed E-state index contributed by atoms with van der Waals surface area (Å²) >= 11 is 0. The zero-order valence-corrected chi connectivity index (χ0v) is 8.34. The number of hydrogen-bond donors (Lipinski definition) is 2. The van der Waals surface area contributed by atoms with E-state index >= 15 is 0 Å². The van der Waals surface area contributed by atoms with Gasteiger partial charge in [-0.3, -0.25) is 4.79 Å². The monoisotopic (exact) mass is 185 g/mol. The lowest BCUT2D eigenvalue weighted by Crippen LogP contribution is -2.34. The van der Waals surface area contributed by atoms with Crippen molar-refractivity contribution in [2.24, 2.45) is 11.1 Å². The zero-order valence-electron chi connectivity index (χ0n) is 7.45. The van der Waals surface area contributed by atoms with E-state index in [4.69, 9.17) is 5.73 Å². The lowest BCUT2D eigenvalue weighted by Gasteiger charge is -2.24. The van der Waals surface area contributed by atoms with Crippen molar-refractivity contribution in [2.75, 3.05) is 5.75 Å². The lowest BCUT2D eigenvalue weighted by molar-refractivity contribution is -0.124. The van der Waals surface area contributed by atoms with Crippen molar-refractivity contribution in [3.05, 3.63) is 23.0 Å². The predicted molar refractivity (Wildman–Crippen MR) is 55.1 cm³/mol. The largest absolute Gasteiger partial charge is 0.369 e. The Morgan fingerprint density at radius 2 is 1.92 bits per heavy atom. The van der Waals surface area contributed by atoms with Crippen molar-refractivity contribution in [1.82, 2.24) is 0 Å². The molecule has 3 heteroatoms. The highest BCUT2D eigenvalue weighted by Gasteiger charge is 2.26. The Morgan fingerprint density at radius 3 is 2.33 bits per heavy atom. The minimum absolute atomic E-state index is 0.210. The van der Waals surface area contributed by atoms with Crippen LogP contribution in [0.4, 0.5) is 0 Å². The third kappa shape index (κ3) is 2.14. The minimum atomic E-state index is -0.370. The van der Waals surface area contributed by atoms with E-state index in [1.807, 2.05) is 26.0 Å². The third-order valence-corrected chi connectivity index (χ3v) is 4.18. The molecule has 0 aromatic heterocycles. The molecule has 1 heterocycles. The number of rotatable bonds is 3. The van der Waals surface area contributed by atoms with Crippen molar-refractivity contribution in [3.63, 3.8) is 0 Å². The SMILES string of the molecule is CC(C)(C[SH]1C=CC=C1)C(N)=O. The van der Waals surface area contributed by atoms with Crippen LogP contribution in [-0.2, 0) is 4.79 Å². The van der Waals surface area contributed by atoms with Crippen LogP contribution in [0.15, 0.2) is 23.0 Å². The van der Waals surface area contributed by atoms with E-state index in [2.05, 4.69) is 10.8 Å². The van der Waals surface area contributed by atoms with E-state index < -0.39 is 0 Å². The van der Waals surface area contributed by atoms with Gasteiger partial charge in [-0.2, -0.15) is 0 Å². The molecule has 1 aliphatic rings. The molecule has 2 nitrogen and oxygen atoms in total. The van der Waals surface area contributed by atoms with E-state index in [0.29, 0.717) is 0 Å². The standard InChI is InChI=1S/C9H15NOS/c1-9(2,8(10)11)7-12-5-3-4-6-12/h3-6,12H,7H2,1-2H3,(H2,10,11). The van der Waals surface area contributed by atoms with Gasteiger partial charge in [-0.05, 0) is 16.6 Å². The van der Waals surface area contributed by atoms with Gasteiger partial charge >= 0.3 is 0 Å². The van der Waals surface area contributed by atoms with Crippen LogP contribution >= 0.6 is 10.9 Å². The molecular weight excluding hydrogens is 170 g/mol. The molecule has 12 heavy (non-hydrogen) atoms. The maximum Gasteiger partial charge on any atom is 0.223 e. The maximum absolute atomic E-state index is 11.0. The third-order valence-electron chi connectivity index (χ3n) is 1.91. The molecule has 0 radical (unpaired) electrons. The summed E-state index contributed by atoms with van der Waals surface area (Å²) in [6.07, 6.45) is 4.06. The van der Waals surface area contributed by atoms with Gasteiger partial charge in [-0.1, -0.05) is 26.0 Å². The fraction of sp³-hybridized carbons (Fsp3) is 0.444. The number of thiol groups is 1. The van der Waals surface area contributed by atoms with E-state index in [-0.39, 0.29) is 22.2 Å². The number of hydrogen-bond acceptors (Lipinski definition) is 1. The second-order valence-electron chi connectivity index (χ2n) is 3.60. The number of primary amides is 1. The molecule has 0 atom stereocenters. The van der Waals surface area contributed by atoms with E-state index in [1.54, 1.807) is 0 Å². The van der Waals surface area contributed by atoms with Gasteiger partial charge in [0.05, 0.1) is 5.41 Å². The van der Waals surface area contributed by atoms with Crippen molar-refractivity contribution < 1.29 is 4.79 Å². The maximum atomic E-state index is 11.0. The molecule has 0 aromatic rings. The van der Waals surface area contributed by atoms with Crippen LogP contribution in [0.2, 0.25) is 0 Å². The summed E-state index contributed by atoms with van der Waals surface area (Å²) in [5.74, 6) is 0.656. The molecule has 1 rings (SSSR count). The van der Waals surface area contributed by atoms with E-state index in [1.165, 1.54) is 0 Å². The molecule has 0 saturated carbocycles. The molecule has 0 unspecified atom stereocenters. The molecule has 0 saturated heterocycles. The Kier molecular flexibility index (Phi) is 2.62. The van der Waals surface area contributed by atoms with Crippen LogP contribution in [0.5, 0.6) is 0 Å². The normalized spacial score (nSPS) is 18.7. The second-order valence-corrected chi connectivity index (χ2v) is 5.54. The first-order valence-electron chi connectivity index (χ1n) is 3.93. The summed E-state index contributed by atoms with van der Waals surface area (Å²) in [5.41, 5.74) is 4.90. The number of carbonyl (C=O) groups is 1. The van der Waals surface area contributed by atoms with E-state index in [9.17, 15) is 4.79 Å². The predicted octanol–water partition coefficient (Wildman–Crippen LogP) is 1.54. The first-order chi connectivity index (χ1) is 5.52. The van der Waals surface area contributed by atoms with Gasteiger partial charge in [-0.15, -0.1) is 0 Å². The molecule has 1 aliphatic heterocycles. The molecular formula is C9H15NOS. The molecule has 1 amide bonds. The molecule has 0 spiro atoms. The van der Waals surface area contributed by atoms with E-state index in [0.717, 1.165) is 5.75 Å². The van der Waals surface area contributed by atoms with Crippen molar-refractivity contribution in [2.45, 2.75) is 13.8 Å². The smallest absolute Gasteiger partial charge is 0.223 e. The molecule has 0 fully saturated rings. The van der Waals surface area contributed by atoms with Crippen LogP contribution in [0.3, 0.4) is 0 Å². The van der Waals surface area contributed by atoms with Crippen LogP contribution in [0.25, 0.3) is 0 Å². The first-order valence-corrected chi connectivity index (χ1v) is 5.59. The van der Waals surface area contributed by atoms with Gasteiger partial charge in [-0.25, -0.2) is 10.9 Å². The average Bonchev–Trinajstić information content (AvgIpc) is 2.38. The van der Waals surface area contributed by atoms with Gasteiger partial charge in [0.25, 0.3) is 0 Å². The van der Waals surface area contributed by atoms with Crippen LogP contribution < -0.4 is 5.73 Å². The van der Waals surface area contributed by atoms with Gasteiger partial charge in [0, 0.05) is 0 Å². The Labute approximate surface area is 75.9 Å². The Balaban J connectivity index is 2.55. The fourth-order valence-corrected chi connectivity index (χ4v) is 3.03. The number of amides is 1. The Bertz CT molecular complexity index is 231. The highest BCUT2D eigenvalue weighted by molar-refractivity contribution is 8.22. The first kappa shape index (κ1) is 9.39. The number of nitrogens with two attached hydrogens (primary N) is 1. The van der Waals surface area contributed by atoms with Gasteiger partial charge in [0.2, 0.25) is 5.91 Å². The van der Waals surface area contributed by atoms with Crippen molar-refractivity contribution >= 4 is 16.8 Å². The quantitative estimate of drug-likeness (QED) is 0.643. The Morgan fingerprint density at radius 1 is 1.42 bits per heavy atom. The molecule has 0 aromatic carbocycles. The minimum Gasteiger partial charge on any atom is -0.369 e. The fourth-order valence-electron chi connectivity index (χ4n) is 1.01. The molecule has 0 aliphatic carbocycles. The number of allylic oxidation sites excluding steroid dienone is 2. The van der Waals surface area contributed by atoms with Crippen molar-refractivity contribution in [1.29, 1.82) is 0 Å². The van der Waals surface area contributed by atoms with Gasteiger partial charge in [0.15, 0.2) is 0 Å². The summed E-state index contributed by atoms with van der Waals surface area (Å²) in [5, 5.41) is 4.31. The number of carbonyl (C=O) groups excluding carboxylic acids is 1. The van der Waals surface area contributed by atoms with Gasteiger partial charge < -0.3 is 5.73 Å². The highest BCUT2D eigenvalue weighted by atomic mass is 32.2. The van der Waals surface area contributed by atoms with Crippen LogP contribution in [0.1, 0.15) is 13.8 Å². The summed E-state index contributed by atoms with van der Waals surface area (Å²) in [7, 11) is -0.228. The molecule has 0 bridgehead atoms.